The van der Waals surface area contributed by atoms with Crippen molar-refractivity contribution in [2.75, 3.05) is 20.6 Å². The van der Waals surface area contributed by atoms with Crippen LogP contribution in [0.2, 0.25) is 0 Å². The normalized spacial score (nSPS) is 17.8. The molecule has 0 spiro atoms. The Hall–Kier alpha value is -1.70. The van der Waals surface area contributed by atoms with E-state index in [0.717, 1.165) is 10.7 Å². The number of hydrogen-bond donors (Lipinski definition) is 0. The van der Waals surface area contributed by atoms with Crippen LogP contribution in [0.3, 0.4) is 0 Å². The summed E-state index contributed by atoms with van der Waals surface area (Å²) in [4.78, 5) is 16.2. The smallest absolute Gasteiger partial charge is 0.254 e. The predicted molar refractivity (Wildman–Crippen MR) is 94.8 cm³/mol. The molecule has 0 N–H and O–H groups in total. The van der Waals surface area contributed by atoms with Gasteiger partial charge in [-0.3, -0.25) is 4.79 Å². The second-order valence-corrected chi connectivity index (χ2v) is 9.19. The molecule has 0 saturated carbocycles. The maximum atomic E-state index is 12.8. The molecule has 24 heavy (non-hydrogen) atoms. The van der Waals surface area contributed by atoms with Gasteiger partial charge in [0.2, 0.25) is 10.0 Å². The molecular formula is C17H20N2O3S2. The molecule has 2 aromatic rings. The Labute approximate surface area is 146 Å². The highest BCUT2D eigenvalue weighted by Gasteiger charge is 2.29. The Morgan fingerprint density at radius 1 is 1.21 bits per heavy atom. The molecule has 5 nitrogen and oxygen atoms in total. The van der Waals surface area contributed by atoms with Gasteiger partial charge >= 0.3 is 0 Å². The summed E-state index contributed by atoms with van der Waals surface area (Å²) in [5, 5.41) is 2.07. The lowest BCUT2D eigenvalue weighted by Gasteiger charge is -2.33. The highest BCUT2D eigenvalue weighted by molar-refractivity contribution is 7.89. The minimum atomic E-state index is -3.48. The van der Waals surface area contributed by atoms with Gasteiger partial charge in [-0.2, -0.15) is 0 Å². The minimum Gasteiger partial charge on any atom is -0.331 e. The van der Waals surface area contributed by atoms with Crippen LogP contribution in [0.15, 0.2) is 40.6 Å². The average Bonchev–Trinajstić information content (AvgIpc) is 3.04. The molecule has 7 heteroatoms. The molecule has 1 atom stereocenters. The summed E-state index contributed by atoms with van der Waals surface area (Å²) in [5.74, 6) is -0.0619. The van der Waals surface area contributed by atoms with Gasteiger partial charge in [0.05, 0.1) is 10.9 Å². The van der Waals surface area contributed by atoms with Crippen molar-refractivity contribution in [2.24, 2.45) is 0 Å². The van der Waals surface area contributed by atoms with E-state index in [1.54, 1.807) is 23.5 Å². The first-order valence-corrected chi connectivity index (χ1v) is 10.0. The van der Waals surface area contributed by atoms with Gasteiger partial charge in [0.1, 0.15) is 0 Å². The molecular weight excluding hydrogens is 344 g/mol. The van der Waals surface area contributed by atoms with Crippen LogP contribution in [-0.4, -0.2) is 44.2 Å². The van der Waals surface area contributed by atoms with Crippen molar-refractivity contribution in [3.63, 3.8) is 0 Å². The first-order chi connectivity index (χ1) is 11.3. The summed E-state index contributed by atoms with van der Waals surface area (Å²) >= 11 is 1.74. The molecule has 0 saturated heterocycles. The number of benzene rings is 1. The van der Waals surface area contributed by atoms with Crippen molar-refractivity contribution in [1.82, 2.24) is 9.21 Å². The standard InChI is InChI=1S/C17H20N2O3S2/c1-12-15-9-11-23-16(15)8-10-19(12)17(20)13-4-6-14(7-5-13)24(21,22)18(2)3/h4-7,9,11-12H,8,10H2,1-3H3/t12-/m0/s1. The Kier molecular flexibility index (Phi) is 4.50. The number of rotatable bonds is 3. The van der Waals surface area contributed by atoms with E-state index in [1.165, 1.54) is 36.7 Å². The maximum absolute atomic E-state index is 12.8. The maximum Gasteiger partial charge on any atom is 0.254 e. The summed E-state index contributed by atoms with van der Waals surface area (Å²) in [5.41, 5.74) is 1.73. The van der Waals surface area contributed by atoms with Gasteiger partial charge in [-0.25, -0.2) is 12.7 Å². The summed E-state index contributed by atoms with van der Waals surface area (Å²) in [6.45, 7) is 2.72. The quantitative estimate of drug-likeness (QED) is 0.841. The summed E-state index contributed by atoms with van der Waals surface area (Å²) in [7, 11) is -0.501. The van der Waals surface area contributed by atoms with E-state index >= 15 is 0 Å². The van der Waals surface area contributed by atoms with Crippen LogP contribution < -0.4 is 0 Å². The van der Waals surface area contributed by atoms with Crippen molar-refractivity contribution in [2.45, 2.75) is 24.3 Å². The van der Waals surface area contributed by atoms with Crippen LogP contribution in [0.5, 0.6) is 0 Å². The first-order valence-electron chi connectivity index (χ1n) is 7.72. The van der Waals surface area contributed by atoms with E-state index in [9.17, 15) is 13.2 Å². The summed E-state index contributed by atoms with van der Waals surface area (Å²) in [6, 6.07) is 8.29. The van der Waals surface area contributed by atoms with E-state index in [0.29, 0.717) is 12.1 Å². The van der Waals surface area contributed by atoms with E-state index in [-0.39, 0.29) is 16.8 Å². The van der Waals surface area contributed by atoms with Crippen LogP contribution >= 0.6 is 11.3 Å². The summed E-state index contributed by atoms with van der Waals surface area (Å²) in [6.07, 6.45) is 0.871. The molecule has 0 fully saturated rings. The third kappa shape index (κ3) is 2.87. The number of hydrogen-bond acceptors (Lipinski definition) is 4. The minimum absolute atomic E-state index is 0.0395. The molecule has 0 aliphatic carbocycles. The van der Waals surface area contributed by atoms with Crippen molar-refractivity contribution in [3.05, 3.63) is 51.7 Å². The zero-order valence-corrected chi connectivity index (χ0v) is 15.5. The van der Waals surface area contributed by atoms with E-state index < -0.39 is 10.0 Å². The fourth-order valence-corrected chi connectivity index (χ4v) is 4.80. The van der Waals surface area contributed by atoms with E-state index in [1.807, 2.05) is 11.8 Å². The van der Waals surface area contributed by atoms with Crippen LogP contribution in [0.25, 0.3) is 0 Å². The zero-order valence-electron chi connectivity index (χ0n) is 13.9. The number of fused-ring (bicyclic) bond motifs is 1. The lowest BCUT2D eigenvalue weighted by molar-refractivity contribution is 0.0679. The number of carbonyl (C=O) groups excluding carboxylic acids is 1. The van der Waals surface area contributed by atoms with Gasteiger partial charge in [-0.15, -0.1) is 11.3 Å². The topological polar surface area (TPSA) is 57.7 Å². The summed E-state index contributed by atoms with van der Waals surface area (Å²) < 4.78 is 25.4. The predicted octanol–water partition coefficient (Wildman–Crippen LogP) is 2.76. The van der Waals surface area contributed by atoms with E-state index in [2.05, 4.69) is 11.4 Å². The molecule has 0 bridgehead atoms. The van der Waals surface area contributed by atoms with Crippen molar-refractivity contribution >= 4 is 27.3 Å². The van der Waals surface area contributed by atoms with Crippen LogP contribution in [0, 0.1) is 0 Å². The molecule has 0 unspecified atom stereocenters. The Morgan fingerprint density at radius 3 is 2.50 bits per heavy atom. The van der Waals surface area contributed by atoms with Crippen molar-refractivity contribution in [3.8, 4) is 0 Å². The second-order valence-electron chi connectivity index (χ2n) is 6.04. The molecule has 1 aliphatic heterocycles. The Balaban J connectivity index is 1.84. The molecule has 1 amide bonds. The molecule has 0 radical (unpaired) electrons. The van der Waals surface area contributed by atoms with Gasteiger partial charge in [-0.1, -0.05) is 0 Å². The highest BCUT2D eigenvalue weighted by Crippen LogP contribution is 2.33. The van der Waals surface area contributed by atoms with Gasteiger partial charge in [0.25, 0.3) is 5.91 Å². The fraction of sp³-hybridized carbons (Fsp3) is 0.353. The van der Waals surface area contributed by atoms with Crippen LogP contribution in [0.1, 0.15) is 33.8 Å². The Morgan fingerprint density at radius 2 is 1.88 bits per heavy atom. The van der Waals surface area contributed by atoms with Gasteiger partial charge < -0.3 is 4.90 Å². The number of nitrogens with zero attached hydrogens (tertiary/aromatic N) is 2. The number of sulfonamides is 1. The number of amides is 1. The van der Waals surface area contributed by atoms with Crippen molar-refractivity contribution < 1.29 is 13.2 Å². The molecule has 1 aromatic heterocycles. The van der Waals surface area contributed by atoms with Gasteiger partial charge in [-0.05, 0) is 54.6 Å². The third-order valence-corrected chi connectivity index (χ3v) is 7.24. The Bertz CT molecular complexity index is 854. The first kappa shape index (κ1) is 17.1. The largest absolute Gasteiger partial charge is 0.331 e. The third-order valence-electron chi connectivity index (χ3n) is 4.42. The molecule has 3 rings (SSSR count). The average molecular weight is 364 g/mol. The number of thiophene rings is 1. The fourth-order valence-electron chi connectivity index (χ4n) is 2.93. The molecule has 128 valence electrons. The monoisotopic (exact) mass is 364 g/mol. The van der Waals surface area contributed by atoms with E-state index in [4.69, 9.17) is 0 Å². The molecule has 1 aliphatic rings. The number of carbonyl (C=O) groups is 1. The zero-order chi connectivity index (χ0) is 17.5. The SMILES string of the molecule is C[C@H]1c2ccsc2CCN1C(=O)c1ccc(S(=O)(=O)N(C)C)cc1. The highest BCUT2D eigenvalue weighted by atomic mass is 32.2. The second kappa shape index (κ2) is 6.31. The van der Waals surface area contributed by atoms with Gasteiger partial charge in [0.15, 0.2) is 0 Å². The van der Waals surface area contributed by atoms with Gasteiger partial charge in [0, 0.05) is 31.1 Å². The van der Waals surface area contributed by atoms with Crippen LogP contribution in [0.4, 0.5) is 0 Å². The molecule has 2 heterocycles. The lowest BCUT2D eigenvalue weighted by atomic mass is 10.0. The van der Waals surface area contributed by atoms with Crippen molar-refractivity contribution in [1.29, 1.82) is 0 Å². The molecule has 1 aromatic carbocycles. The lowest BCUT2D eigenvalue weighted by Crippen LogP contribution is -2.38. The van der Waals surface area contributed by atoms with Crippen LogP contribution in [-0.2, 0) is 16.4 Å².